The normalized spacial score (nSPS) is 22.1. The van der Waals surface area contributed by atoms with Crippen LogP contribution in [0, 0.1) is 0 Å². The molecular formula is C13H17ClN2O. The molecule has 2 aliphatic rings. The molecule has 1 aromatic rings. The van der Waals surface area contributed by atoms with E-state index < -0.39 is 0 Å². The lowest BCUT2D eigenvalue weighted by atomic mass is 10.1. The number of anilines is 1. The van der Waals surface area contributed by atoms with Crippen molar-refractivity contribution in [2.45, 2.75) is 25.3 Å². The lowest BCUT2D eigenvalue weighted by molar-refractivity contribution is -0.120. The van der Waals surface area contributed by atoms with Crippen molar-refractivity contribution in [1.82, 2.24) is 5.32 Å². The summed E-state index contributed by atoms with van der Waals surface area (Å²) in [7, 11) is 0. The van der Waals surface area contributed by atoms with Gasteiger partial charge >= 0.3 is 0 Å². The molecule has 1 N–H and O–H groups in total. The van der Waals surface area contributed by atoms with E-state index in [1.54, 1.807) is 0 Å². The second kappa shape index (κ2) is 5.07. The Hall–Kier alpha value is -1.06. The number of hydrogen-bond acceptors (Lipinski definition) is 2. The van der Waals surface area contributed by atoms with Crippen LogP contribution in [0.1, 0.15) is 18.4 Å². The van der Waals surface area contributed by atoms with Crippen molar-refractivity contribution in [2.24, 2.45) is 0 Å². The first-order valence-corrected chi connectivity index (χ1v) is 5.99. The Balaban J connectivity index is 0.00000108. The van der Waals surface area contributed by atoms with Crippen LogP contribution in [0.2, 0.25) is 0 Å². The maximum Gasteiger partial charge on any atom is 0.244 e. The maximum atomic E-state index is 12.3. The van der Waals surface area contributed by atoms with Gasteiger partial charge in [0.1, 0.15) is 0 Å². The third-order valence-electron chi connectivity index (χ3n) is 3.51. The second-order valence-corrected chi connectivity index (χ2v) is 4.52. The molecule has 0 radical (unpaired) electrons. The molecule has 0 aliphatic carbocycles. The molecule has 0 spiro atoms. The van der Waals surface area contributed by atoms with Gasteiger partial charge in [-0.1, -0.05) is 18.2 Å². The van der Waals surface area contributed by atoms with E-state index in [1.165, 1.54) is 5.56 Å². The quantitative estimate of drug-likeness (QED) is 0.826. The van der Waals surface area contributed by atoms with Gasteiger partial charge < -0.3 is 10.2 Å². The summed E-state index contributed by atoms with van der Waals surface area (Å²) in [5, 5.41) is 3.27. The first-order chi connectivity index (χ1) is 7.86. The summed E-state index contributed by atoms with van der Waals surface area (Å²) in [6.45, 7) is 1.82. The fourth-order valence-electron chi connectivity index (χ4n) is 2.65. The van der Waals surface area contributed by atoms with Gasteiger partial charge in [0.15, 0.2) is 0 Å². The fraction of sp³-hybridized carbons (Fsp3) is 0.462. The van der Waals surface area contributed by atoms with Crippen LogP contribution in [0.25, 0.3) is 0 Å². The summed E-state index contributed by atoms with van der Waals surface area (Å²) in [4.78, 5) is 14.2. The van der Waals surface area contributed by atoms with E-state index in [9.17, 15) is 4.79 Å². The van der Waals surface area contributed by atoms with E-state index in [1.807, 2.05) is 17.0 Å². The smallest absolute Gasteiger partial charge is 0.244 e. The summed E-state index contributed by atoms with van der Waals surface area (Å²) < 4.78 is 0. The summed E-state index contributed by atoms with van der Waals surface area (Å²) in [6.07, 6.45) is 3.10. The first kappa shape index (κ1) is 12.4. The van der Waals surface area contributed by atoms with Gasteiger partial charge in [-0.05, 0) is 37.4 Å². The van der Waals surface area contributed by atoms with Gasteiger partial charge in [-0.3, -0.25) is 4.79 Å². The highest BCUT2D eigenvalue weighted by Crippen LogP contribution is 2.28. The highest BCUT2D eigenvalue weighted by molar-refractivity contribution is 5.99. The Morgan fingerprint density at radius 3 is 2.94 bits per heavy atom. The minimum Gasteiger partial charge on any atom is -0.310 e. The number of nitrogens with one attached hydrogen (secondary N) is 1. The molecular weight excluding hydrogens is 236 g/mol. The number of nitrogens with zero attached hydrogens (tertiary/aromatic N) is 1. The van der Waals surface area contributed by atoms with E-state index in [0.29, 0.717) is 0 Å². The lowest BCUT2D eigenvalue weighted by Crippen LogP contribution is -2.42. The third-order valence-corrected chi connectivity index (χ3v) is 3.51. The van der Waals surface area contributed by atoms with Crippen LogP contribution in [0.4, 0.5) is 5.69 Å². The highest BCUT2D eigenvalue weighted by Gasteiger charge is 2.31. The number of amides is 1. The molecule has 17 heavy (non-hydrogen) atoms. The van der Waals surface area contributed by atoms with Crippen LogP contribution in [-0.4, -0.2) is 25.0 Å². The van der Waals surface area contributed by atoms with Crippen LogP contribution >= 0.6 is 12.4 Å². The van der Waals surface area contributed by atoms with E-state index in [0.717, 1.165) is 38.0 Å². The molecule has 0 bridgehead atoms. The maximum absolute atomic E-state index is 12.3. The van der Waals surface area contributed by atoms with Crippen LogP contribution in [0.3, 0.4) is 0 Å². The second-order valence-electron chi connectivity index (χ2n) is 4.52. The van der Waals surface area contributed by atoms with E-state index in [4.69, 9.17) is 0 Å². The van der Waals surface area contributed by atoms with Gasteiger partial charge in [0.2, 0.25) is 5.91 Å². The molecule has 0 aromatic heterocycles. The molecule has 2 aliphatic heterocycles. The van der Waals surface area contributed by atoms with Gasteiger partial charge in [0.05, 0.1) is 6.04 Å². The van der Waals surface area contributed by atoms with E-state index in [-0.39, 0.29) is 24.4 Å². The Kier molecular flexibility index (Phi) is 3.69. The van der Waals surface area contributed by atoms with Crippen LogP contribution in [-0.2, 0) is 11.2 Å². The van der Waals surface area contributed by atoms with Crippen molar-refractivity contribution in [3.8, 4) is 0 Å². The van der Waals surface area contributed by atoms with Crippen molar-refractivity contribution in [2.75, 3.05) is 18.0 Å². The topological polar surface area (TPSA) is 32.3 Å². The number of halogens is 1. The first-order valence-electron chi connectivity index (χ1n) is 5.99. The number of rotatable bonds is 1. The molecule has 1 atom stereocenters. The zero-order chi connectivity index (χ0) is 11.0. The molecule has 1 aromatic carbocycles. The minimum absolute atomic E-state index is 0. The van der Waals surface area contributed by atoms with E-state index >= 15 is 0 Å². The zero-order valence-corrected chi connectivity index (χ0v) is 10.5. The molecule has 0 unspecified atom stereocenters. The average molecular weight is 253 g/mol. The zero-order valence-electron chi connectivity index (χ0n) is 9.69. The van der Waals surface area contributed by atoms with Crippen molar-refractivity contribution in [3.63, 3.8) is 0 Å². The van der Waals surface area contributed by atoms with Gasteiger partial charge in [0.25, 0.3) is 0 Å². The summed E-state index contributed by atoms with van der Waals surface area (Å²) in [5.74, 6) is 0.252. The molecule has 0 saturated carbocycles. The van der Waals surface area contributed by atoms with Crippen molar-refractivity contribution in [1.29, 1.82) is 0 Å². The number of para-hydroxylation sites is 1. The van der Waals surface area contributed by atoms with Crippen LogP contribution in [0.15, 0.2) is 24.3 Å². The molecule has 4 heteroatoms. The van der Waals surface area contributed by atoms with E-state index in [2.05, 4.69) is 17.4 Å². The summed E-state index contributed by atoms with van der Waals surface area (Å²) in [5.41, 5.74) is 2.41. The number of carbonyl (C=O) groups is 1. The van der Waals surface area contributed by atoms with Gasteiger partial charge in [0, 0.05) is 12.2 Å². The van der Waals surface area contributed by atoms with Crippen LogP contribution in [0.5, 0.6) is 0 Å². The highest BCUT2D eigenvalue weighted by atomic mass is 35.5. The Bertz CT molecular complexity index is 416. The predicted octanol–water partition coefficient (Wildman–Crippen LogP) is 1.75. The molecule has 1 saturated heterocycles. The number of carbonyl (C=O) groups excluding carboxylic acids is 1. The fourth-order valence-corrected chi connectivity index (χ4v) is 2.65. The average Bonchev–Trinajstić information content (AvgIpc) is 2.98. The standard InChI is InChI=1S/C13H16N2O.ClH/c16-13(11-5-3-8-14-11)15-9-7-10-4-1-2-6-12(10)15;/h1-2,4,6,11,14H,3,5,7-9H2;1H/t11-;/m0./s1. The lowest BCUT2D eigenvalue weighted by Gasteiger charge is -2.21. The monoisotopic (exact) mass is 252 g/mol. The molecule has 3 nitrogen and oxygen atoms in total. The third kappa shape index (κ3) is 2.17. The number of benzene rings is 1. The number of hydrogen-bond donors (Lipinski definition) is 1. The van der Waals surface area contributed by atoms with Gasteiger partial charge in [-0.2, -0.15) is 0 Å². The molecule has 1 amide bonds. The SMILES string of the molecule is Cl.O=C([C@@H]1CCCN1)N1CCc2ccccc21. The van der Waals surface area contributed by atoms with Crippen molar-refractivity contribution >= 4 is 24.0 Å². The summed E-state index contributed by atoms with van der Waals surface area (Å²) >= 11 is 0. The Labute approximate surface area is 108 Å². The number of fused-ring (bicyclic) bond motifs is 1. The van der Waals surface area contributed by atoms with Gasteiger partial charge in [-0.25, -0.2) is 0 Å². The van der Waals surface area contributed by atoms with Crippen LogP contribution < -0.4 is 10.2 Å². The Morgan fingerprint density at radius 1 is 1.35 bits per heavy atom. The largest absolute Gasteiger partial charge is 0.310 e. The molecule has 2 heterocycles. The predicted molar refractivity (Wildman–Crippen MR) is 70.8 cm³/mol. The van der Waals surface area contributed by atoms with Crippen molar-refractivity contribution in [3.05, 3.63) is 29.8 Å². The van der Waals surface area contributed by atoms with Gasteiger partial charge in [-0.15, -0.1) is 12.4 Å². The minimum atomic E-state index is 0. The molecule has 92 valence electrons. The van der Waals surface area contributed by atoms with Crippen molar-refractivity contribution < 1.29 is 4.79 Å². The Morgan fingerprint density at radius 2 is 2.18 bits per heavy atom. The summed E-state index contributed by atoms with van der Waals surface area (Å²) in [6, 6.07) is 8.26. The molecule has 3 rings (SSSR count). The molecule has 1 fully saturated rings.